The number of para-hydroxylation sites is 2. The molecule has 0 spiro atoms. The number of nitrogens with zero attached hydrogens (tertiary/aromatic N) is 1. The van der Waals surface area contributed by atoms with Crippen molar-refractivity contribution in [2.75, 3.05) is 16.9 Å². The van der Waals surface area contributed by atoms with E-state index in [1.54, 1.807) is 24.3 Å². The van der Waals surface area contributed by atoms with Crippen LogP contribution >= 0.6 is 0 Å². The molecule has 0 radical (unpaired) electrons. The highest BCUT2D eigenvalue weighted by molar-refractivity contribution is 6.01. The van der Waals surface area contributed by atoms with Crippen molar-refractivity contribution in [3.63, 3.8) is 0 Å². The highest BCUT2D eigenvalue weighted by Crippen LogP contribution is 2.27. The first kappa shape index (κ1) is 7.12. The third-order valence-electron chi connectivity index (χ3n) is 1.73. The predicted molar refractivity (Wildman–Crippen MR) is 45.8 cm³/mol. The van der Waals surface area contributed by atoms with Gasteiger partial charge in [0.1, 0.15) is 0 Å². The van der Waals surface area contributed by atoms with Gasteiger partial charge in [0, 0.05) is 0 Å². The van der Waals surface area contributed by atoms with E-state index in [0.29, 0.717) is 16.4 Å². The van der Waals surface area contributed by atoms with Gasteiger partial charge < -0.3 is 15.6 Å². The van der Waals surface area contributed by atoms with Gasteiger partial charge in [-0.05, 0) is 12.1 Å². The van der Waals surface area contributed by atoms with E-state index in [2.05, 4.69) is 5.32 Å². The second kappa shape index (κ2) is 2.49. The van der Waals surface area contributed by atoms with Crippen molar-refractivity contribution < 1.29 is 4.79 Å². The van der Waals surface area contributed by atoms with Crippen LogP contribution in [0.1, 0.15) is 0 Å². The molecule has 4 heteroatoms. The largest absolute Gasteiger partial charge is 0.758 e. The molecule has 62 valence electrons. The molecule has 1 aliphatic rings. The van der Waals surface area contributed by atoms with Crippen molar-refractivity contribution in [2.24, 2.45) is 0 Å². The summed E-state index contributed by atoms with van der Waals surface area (Å²) in [4.78, 5) is 10.9. The van der Waals surface area contributed by atoms with Gasteiger partial charge in [-0.1, -0.05) is 12.1 Å². The number of hydroxylamine groups is 1. The van der Waals surface area contributed by atoms with Crippen molar-refractivity contribution in [1.29, 1.82) is 0 Å². The lowest BCUT2D eigenvalue weighted by Gasteiger charge is -2.35. The second-order valence-electron chi connectivity index (χ2n) is 2.60. The molecule has 1 aromatic carbocycles. The number of fused-ring (bicyclic) bond motifs is 1. The third-order valence-corrected chi connectivity index (χ3v) is 1.73. The Morgan fingerprint density at radius 3 is 3.00 bits per heavy atom. The van der Waals surface area contributed by atoms with Crippen LogP contribution in [0.4, 0.5) is 11.4 Å². The van der Waals surface area contributed by atoms with Gasteiger partial charge in [-0.2, -0.15) is 0 Å². The normalized spacial score (nSPS) is 15.4. The number of rotatable bonds is 0. The Balaban J connectivity index is 2.47. The summed E-state index contributed by atoms with van der Waals surface area (Å²) < 4.78 is 0. The van der Waals surface area contributed by atoms with Crippen LogP contribution in [0.2, 0.25) is 0 Å². The average molecular weight is 163 g/mol. The van der Waals surface area contributed by atoms with Gasteiger partial charge in [0.25, 0.3) is 0 Å². The van der Waals surface area contributed by atoms with Gasteiger partial charge >= 0.3 is 0 Å². The number of carbonyl (C=O) groups excluding carboxylic acids is 1. The Bertz CT molecular complexity index is 325. The van der Waals surface area contributed by atoms with E-state index in [1.807, 2.05) is 0 Å². The maximum atomic E-state index is 11.2. The maximum Gasteiger partial charge on any atom is 0.243 e. The number of carbonyl (C=O) groups is 1. The molecule has 0 bridgehead atoms. The lowest BCUT2D eigenvalue weighted by atomic mass is 10.2. The molecular formula is C8H7N2O2-. The smallest absolute Gasteiger partial charge is 0.243 e. The first-order valence-electron chi connectivity index (χ1n) is 3.61. The van der Waals surface area contributed by atoms with E-state index < -0.39 is 0 Å². The Morgan fingerprint density at radius 1 is 1.42 bits per heavy atom. The van der Waals surface area contributed by atoms with Gasteiger partial charge in [0.2, 0.25) is 5.91 Å². The predicted octanol–water partition coefficient (Wildman–Crippen LogP) is 0.943. The molecule has 0 aromatic heterocycles. The fraction of sp³-hybridized carbons (Fsp3) is 0.125. The Morgan fingerprint density at radius 2 is 2.17 bits per heavy atom. The summed E-state index contributed by atoms with van der Waals surface area (Å²) in [6.45, 7) is -0.114. The molecule has 12 heavy (non-hydrogen) atoms. The van der Waals surface area contributed by atoms with Gasteiger partial charge in [-0.15, -0.1) is 0 Å². The van der Waals surface area contributed by atoms with E-state index in [4.69, 9.17) is 0 Å². The van der Waals surface area contributed by atoms with Gasteiger partial charge in [0.05, 0.1) is 17.9 Å². The molecule has 1 heterocycles. The number of amides is 1. The molecule has 1 aliphatic heterocycles. The minimum atomic E-state index is -0.260. The van der Waals surface area contributed by atoms with E-state index >= 15 is 0 Å². The molecule has 0 aliphatic carbocycles. The van der Waals surface area contributed by atoms with Crippen molar-refractivity contribution in [2.45, 2.75) is 0 Å². The zero-order valence-corrected chi connectivity index (χ0v) is 6.28. The van der Waals surface area contributed by atoms with E-state index in [1.165, 1.54) is 0 Å². The molecule has 2 rings (SSSR count). The van der Waals surface area contributed by atoms with Crippen LogP contribution < -0.4 is 10.4 Å². The van der Waals surface area contributed by atoms with Gasteiger partial charge in [0.15, 0.2) is 0 Å². The maximum absolute atomic E-state index is 11.2. The summed E-state index contributed by atoms with van der Waals surface area (Å²) in [7, 11) is 0. The molecule has 0 atom stereocenters. The van der Waals surface area contributed by atoms with Crippen molar-refractivity contribution in [3.8, 4) is 0 Å². The number of hydrogen-bond acceptors (Lipinski definition) is 3. The molecule has 0 saturated carbocycles. The van der Waals surface area contributed by atoms with Crippen molar-refractivity contribution in [1.82, 2.24) is 0 Å². The fourth-order valence-corrected chi connectivity index (χ4v) is 1.20. The van der Waals surface area contributed by atoms with E-state index in [-0.39, 0.29) is 12.5 Å². The quantitative estimate of drug-likeness (QED) is 0.619. The number of benzene rings is 1. The summed E-state index contributed by atoms with van der Waals surface area (Å²) in [5.74, 6) is -0.260. The highest BCUT2D eigenvalue weighted by atomic mass is 16.5. The summed E-state index contributed by atoms with van der Waals surface area (Å²) in [5.41, 5.74) is 1.11. The summed E-state index contributed by atoms with van der Waals surface area (Å²) >= 11 is 0. The van der Waals surface area contributed by atoms with Gasteiger partial charge in [-0.25, -0.2) is 0 Å². The first-order valence-corrected chi connectivity index (χ1v) is 3.61. The fourth-order valence-electron chi connectivity index (χ4n) is 1.20. The Hall–Kier alpha value is -1.55. The topological polar surface area (TPSA) is 55.4 Å². The van der Waals surface area contributed by atoms with Crippen molar-refractivity contribution in [3.05, 3.63) is 29.5 Å². The lowest BCUT2D eigenvalue weighted by molar-refractivity contribution is -0.115. The zero-order valence-electron chi connectivity index (χ0n) is 6.28. The SMILES string of the molecule is O=C1CN([O-])c2ccccc2N1. The molecule has 0 fully saturated rings. The Labute approximate surface area is 69.4 Å². The highest BCUT2D eigenvalue weighted by Gasteiger charge is 2.14. The van der Waals surface area contributed by atoms with Crippen LogP contribution in [0.3, 0.4) is 0 Å². The minimum Gasteiger partial charge on any atom is -0.758 e. The average Bonchev–Trinajstić information content (AvgIpc) is 2.04. The van der Waals surface area contributed by atoms with E-state index in [9.17, 15) is 10.0 Å². The molecule has 0 saturated heterocycles. The summed E-state index contributed by atoms with van der Waals surface area (Å²) in [6, 6.07) is 6.93. The number of hydrogen-bond donors (Lipinski definition) is 1. The van der Waals surface area contributed by atoms with Crippen LogP contribution in [0.25, 0.3) is 0 Å². The van der Waals surface area contributed by atoms with Crippen LogP contribution in [0.15, 0.2) is 24.3 Å². The van der Waals surface area contributed by atoms with Gasteiger partial charge in [-0.3, -0.25) is 4.79 Å². The number of anilines is 2. The molecular weight excluding hydrogens is 156 g/mol. The van der Waals surface area contributed by atoms with Crippen LogP contribution in [-0.2, 0) is 4.79 Å². The van der Waals surface area contributed by atoms with Crippen molar-refractivity contribution >= 4 is 17.3 Å². The molecule has 4 nitrogen and oxygen atoms in total. The molecule has 1 amide bonds. The molecule has 1 N–H and O–H groups in total. The summed E-state index contributed by atoms with van der Waals surface area (Å²) in [6.07, 6.45) is 0. The molecule has 0 unspecified atom stereocenters. The van der Waals surface area contributed by atoms with Crippen LogP contribution in [-0.4, -0.2) is 12.5 Å². The number of nitrogens with one attached hydrogen (secondary N) is 1. The second-order valence-corrected chi connectivity index (χ2v) is 2.60. The van der Waals surface area contributed by atoms with Crippen LogP contribution in [0, 0.1) is 5.21 Å². The monoisotopic (exact) mass is 163 g/mol. The standard InChI is InChI=1S/C8H7N2O2/c11-8-5-10(12)7-4-2-1-3-6(7)9-8/h1-4H,5H2,(H,9,11)/q-1. The Kier molecular flexibility index (Phi) is 1.48. The third kappa shape index (κ3) is 1.02. The summed E-state index contributed by atoms with van der Waals surface area (Å²) in [5, 5.41) is 14.5. The lowest BCUT2D eigenvalue weighted by Crippen LogP contribution is -2.34. The first-order chi connectivity index (χ1) is 5.77. The van der Waals surface area contributed by atoms with Crippen LogP contribution in [0.5, 0.6) is 0 Å². The zero-order chi connectivity index (χ0) is 8.55. The molecule has 1 aromatic rings. The van der Waals surface area contributed by atoms with E-state index in [0.717, 1.165) is 0 Å². The minimum absolute atomic E-state index is 0.114.